The quantitative estimate of drug-likeness (QED) is 0.499. The Kier molecular flexibility index (Phi) is 5.60. The lowest BCUT2D eigenvalue weighted by Gasteiger charge is -2.09. The molecule has 0 saturated heterocycles. The first-order chi connectivity index (χ1) is 11.0. The number of hydrogen-bond donors (Lipinski definition) is 1. The van der Waals surface area contributed by atoms with Crippen LogP contribution in [0.1, 0.15) is 15.9 Å². The van der Waals surface area contributed by atoms with Crippen molar-refractivity contribution in [3.63, 3.8) is 0 Å². The molecule has 0 aliphatic carbocycles. The van der Waals surface area contributed by atoms with Crippen LogP contribution in [-0.4, -0.2) is 34.9 Å². The number of ether oxygens (including phenoxy) is 1. The van der Waals surface area contributed by atoms with Gasteiger partial charge < -0.3 is 14.7 Å². The molecule has 0 saturated carbocycles. The minimum atomic E-state index is -0.296. The summed E-state index contributed by atoms with van der Waals surface area (Å²) in [5.41, 5.74) is 1.04. The van der Waals surface area contributed by atoms with E-state index >= 15 is 0 Å². The number of carbonyl (C=O) groups excluding carboxylic acids is 1. The number of aromatic hydroxyl groups is 1. The highest BCUT2D eigenvalue weighted by Gasteiger charge is 2.10. The molecular weight excluding hydrogens is 316 g/mol. The number of benzene rings is 1. The lowest BCUT2D eigenvalue weighted by atomic mass is 10.1. The van der Waals surface area contributed by atoms with E-state index in [2.05, 4.69) is 4.98 Å². The molecule has 0 unspecified atom stereocenters. The van der Waals surface area contributed by atoms with Gasteiger partial charge in [-0.3, -0.25) is 4.79 Å². The first kappa shape index (κ1) is 16.8. The van der Waals surface area contributed by atoms with Gasteiger partial charge in [0.15, 0.2) is 5.78 Å². The van der Waals surface area contributed by atoms with Crippen LogP contribution in [0.15, 0.2) is 48.8 Å². The van der Waals surface area contributed by atoms with E-state index in [4.69, 9.17) is 16.3 Å². The fourth-order valence-electron chi connectivity index (χ4n) is 1.77. The molecule has 0 spiro atoms. The molecule has 6 heteroatoms. The third-order valence-electron chi connectivity index (χ3n) is 2.95. The van der Waals surface area contributed by atoms with E-state index in [1.54, 1.807) is 29.4 Å². The van der Waals surface area contributed by atoms with Crippen LogP contribution < -0.4 is 4.74 Å². The molecule has 1 aromatic heterocycles. The molecule has 0 aliphatic rings. The second kappa shape index (κ2) is 7.65. The van der Waals surface area contributed by atoms with Crippen LogP contribution in [0.5, 0.6) is 11.5 Å². The zero-order chi connectivity index (χ0) is 16.8. The second-order valence-corrected chi connectivity index (χ2v) is 5.49. The van der Waals surface area contributed by atoms with Crippen molar-refractivity contribution in [2.45, 2.75) is 6.61 Å². The summed E-state index contributed by atoms with van der Waals surface area (Å²) in [6, 6.07) is 8.04. The van der Waals surface area contributed by atoms with Gasteiger partial charge in [-0.05, 0) is 24.3 Å². The van der Waals surface area contributed by atoms with E-state index < -0.39 is 0 Å². The molecule has 0 fully saturated rings. The average molecular weight is 333 g/mol. The molecule has 2 rings (SSSR count). The number of allylic oxidation sites excluding steroid dienone is 1. The summed E-state index contributed by atoms with van der Waals surface area (Å²) in [7, 11) is 3.62. The smallest absolute Gasteiger partial charge is 0.191 e. The molecule has 0 aliphatic heterocycles. The standard InChI is InChI=1S/C17H17ClN2O3/c1-20(2)8-7-16(22)14-9-13(4-5-15(14)21)23-11-12-3-6-17(18)19-10-12/h3-10,21H,11H2,1-2H3/b8-7+. The molecule has 0 amide bonds. The van der Waals surface area contributed by atoms with Gasteiger partial charge in [-0.25, -0.2) is 4.98 Å². The van der Waals surface area contributed by atoms with Crippen molar-refractivity contribution in [1.29, 1.82) is 0 Å². The van der Waals surface area contributed by atoms with Crippen LogP contribution in [0.3, 0.4) is 0 Å². The maximum atomic E-state index is 12.1. The SMILES string of the molecule is CN(C)/C=C/C(=O)c1cc(OCc2ccc(Cl)nc2)ccc1O. The van der Waals surface area contributed by atoms with Crippen molar-refractivity contribution < 1.29 is 14.6 Å². The number of ketones is 1. The highest BCUT2D eigenvalue weighted by molar-refractivity contribution is 6.29. The molecule has 0 atom stereocenters. The van der Waals surface area contributed by atoms with Crippen LogP contribution in [0.2, 0.25) is 5.15 Å². The Labute approximate surface area is 139 Å². The van der Waals surface area contributed by atoms with E-state index in [1.807, 2.05) is 20.2 Å². The van der Waals surface area contributed by atoms with Gasteiger partial charge in [0.05, 0.1) is 5.56 Å². The Morgan fingerprint density at radius 2 is 2.13 bits per heavy atom. The third kappa shape index (κ3) is 5.00. The molecule has 0 bridgehead atoms. The zero-order valence-electron chi connectivity index (χ0n) is 12.9. The predicted octanol–water partition coefficient (Wildman–Crippen LogP) is 3.28. The second-order valence-electron chi connectivity index (χ2n) is 5.10. The Morgan fingerprint density at radius 3 is 2.78 bits per heavy atom. The monoisotopic (exact) mass is 332 g/mol. The minimum Gasteiger partial charge on any atom is -0.507 e. The lowest BCUT2D eigenvalue weighted by Crippen LogP contribution is -2.04. The summed E-state index contributed by atoms with van der Waals surface area (Å²) in [4.78, 5) is 17.8. The normalized spacial score (nSPS) is 10.7. The molecule has 1 aromatic carbocycles. The third-order valence-corrected chi connectivity index (χ3v) is 3.18. The van der Waals surface area contributed by atoms with Crippen LogP contribution >= 0.6 is 11.6 Å². The first-order valence-electron chi connectivity index (χ1n) is 6.91. The molecule has 120 valence electrons. The predicted molar refractivity (Wildman–Crippen MR) is 88.8 cm³/mol. The number of phenols is 1. The number of pyridine rings is 1. The van der Waals surface area contributed by atoms with Crippen LogP contribution in [0.25, 0.3) is 0 Å². The maximum Gasteiger partial charge on any atom is 0.191 e. The molecule has 1 heterocycles. The number of halogens is 1. The Balaban J connectivity index is 2.10. The van der Waals surface area contributed by atoms with E-state index in [1.165, 1.54) is 18.2 Å². The number of aromatic nitrogens is 1. The minimum absolute atomic E-state index is 0.0843. The number of phenolic OH excluding ortho intramolecular Hbond substituents is 1. The molecule has 2 aromatic rings. The Hall–Kier alpha value is -2.53. The first-order valence-corrected chi connectivity index (χ1v) is 7.28. The summed E-state index contributed by atoms with van der Waals surface area (Å²) in [6.07, 6.45) is 4.63. The van der Waals surface area contributed by atoms with Gasteiger partial charge in [0.2, 0.25) is 0 Å². The van der Waals surface area contributed by atoms with Gasteiger partial charge in [-0.2, -0.15) is 0 Å². The van der Waals surface area contributed by atoms with Crippen molar-refractivity contribution in [2.24, 2.45) is 0 Å². The fraction of sp³-hybridized carbons (Fsp3) is 0.176. The van der Waals surface area contributed by atoms with Crippen LogP contribution in [-0.2, 0) is 6.61 Å². The largest absolute Gasteiger partial charge is 0.507 e. The Morgan fingerprint density at radius 1 is 1.35 bits per heavy atom. The van der Waals surface area contributed by atoms with E-state index in [-0.39, 0.29) is 23.7 Å². The van der Waals surface area contributed by atoms with Gasteiger partial charge >= 0.3 is 0 Å². The van der Waals surface area contributed by atoms with Gasteiger partial charge in [-0.1, -0.05) is 17.7 Å². The lowest BCUT2D eigenvalue weighted by molar-refractivity contribution is 0.104. The van der Waals surface area contributed by atoms with Crippen molar-refractivity contribution >= 4 is 17.4 Å². The zero-order valence-corrected chi connectivity index (χ0v) is 13.6. The molecular formula is C17H17ClN2O3. The van der Waals surface area contributed by atoms with Crippen molar-refractivity contribution in [1.82, 2.24) is 9.88 Å². The molecule has 1 N–H and O–H groups in total. The van der Waals surface area contributed by atoms with Crippen molar-refractivity contribution in [3.8, 4) is 11.5 Å². The Bertz CT molecular complexity index is 712. The maximum absolute atomic E-state index is 12.1. The molecule has 5 nitrogen and oxygen atoms in total. The van der Waals surface area contributed by atoms with E-state index in [0.29, 0.717) is 10.9 Å². The summed E-state index contributed by atoms with van der Waals surface area (Å²) in [6.45, 7) is 0.288. The molecule has 23 heavy (non-hydrogen) atoms. The highest BCUT2D eigenvalue weighted by Crippen LogP contribution is 2.24. The van der Waals surface area contributed by atoms with Crippen LogP contribution in [0.4, 0.5) is 0 Å². The van der Waals surface area contributed by atoms with Gasteiger partial charge in [0, 0.05) is 38.1 Å². The van der Waals surface area contributed by atoms with Crippen LogP contribution in [0, 0.1) is 0 Å². The molecule has 0 radical (unpaired) electrons. The van der Waals surface area contributed by atoms with E-state index in [9.17, 15) is 9.90 Å². The number of rotatable bonds is 6. The summed E-state index contributed by atoms with van der Waals surface area (Å²) in [5, 5.41) is 10.3. The topological polar surface area (TPSA) is 62.7 Å². The van der Waals surface area contributed by atoms with E-state index in [0.717, 1.165) is 5.56 Å². The number of hydrogen-bond acceptors (Lipinski definition) is 5. The van der Waals surface area contributed by atoms with Crippen molar-refractivity contribution in [2.75, 3.05) is 14.1 Å². The van der Waals surface area contributed by atoms with Gasteiger partial charge in [-0.15, -0.1) is 0 Å². The fourth-order valence-corrected chi connectivity index (χ4v) is 1.88. The number of nitrogens with zero attached hydrogens (tertiary/aromatic N) is 2. The number of carbonyl (C=O) groups is 1. The summed E-state index contributed by atoms with van der Waals surface area (Å²) in [5.74, 6) is 0.105. The average Bonchev–Trinajstić information content (AvgIpc) is 2.53. The summed E-state index contributed by atoms with van der Waals surface area (Å²) >= 11 is 5.73. The summed E-state index contributed by atoms with van der Waals surface area (Å²) < 4.78 is 5.62. The van der Waals surface area contributed by atoms with Crippen molar-refractivity contribution in [3.05, 3.63) is 65.1 Å². The van der Waals surface area contributed by atoms with Gasteiger partial charge in [0.25, 0.3) is 0 Å². The highest BCUT2D eigenvalue weighted by atomic mass is 35.5. The van der Waals surface area contributed by atoms with Gasteiger partial charge in [0.1, 0.15) is 23.3 Å².